The molecule has 22 heavy (non-hydrogen) atoms. The van der Waals surface area contributed by atoms with Gasteiger partial charge in [-0.2, -0.15) is 0 Å². The Bertz CT molecular complexity index is 922. The molecular weight excluding hydrogens is 346 g/mol. The van der Waals surface area contributed by atoms with E-state index in [4.69, 9.17) is 11.6 Å². The highest BCUT2D eigenvalue weighted by Gasteiger charge is 2.17. The molecule has 0 unspecified atom stereocenters. The van der Waals surface area contributed by atoms with Gasteiger partial charge >= 0.3 is 0 Å². The van der Waals surface area contributed by atoms with Gasteiger partial charge in [0.1, 0.15) is 0 Å². The van der Waals surface area contributed by atoms with Crippen molar-refractivity contribution in [3.63, 3.8) is 0 Å². The number of hydrogen-bond acceptors (Lipinski definition) is 4. The first-order chi connectivity index (χ1) is 10.1. The molecule has 0 atom stereocenters. The lowest BCUT2D eigenvalue weighted by Gasteiger charge is -2.12. The van der Waals surface area contributed by atoms with Crippen LogP contribution in [0.15, 0.2) is 52.3 Å². The number of anilines is 1. The van der Waals surface area contributed by atoms with Crippen LogP contribution in [0.1, 0.15) is 5.56 Å². The average molecular weight is 360 g/mol. The molecule has 0 saturated carbocycles. The minimum absolute atomic E-state index is 0.00385. The van der Waals surface area contributed by atoms with Gasteiger partial charge in [-0.25, -0.2) is 16.8 Å². The van der Waals surface area contributed by atoms with E-state index in [0.29, 0.717) is 10.6 Å². The Hall–Kier alpha value is -1.57. The van der Waals surface area contributed by atoms with Gasteiger partial charge in [0.15, 0.2) is 9.84 Å². The van der Waals surface area contributed by atoms with Crippen molar-refractivity contribution in [1.82, 2.24) is 0 Å². The van der Waals surface area contributed by atoms with Crippen LogP contribution in [0, 0.1) is 6.92 Å². The molecule has 8 heteroatoms. The number of nitrogens with one attached hydrogen (secondary N) is 1. The van der Waals surface area contributed by atoms with E-state index in [1.807, 2.05) is 0 Å². The van der Waals surface area contributed by atoms with Crippen LogP contribution < -0.4 is 4.72 Å². The van der Waals surface area contributed by atoms with Crippen molar-refractivity contribution in [1.29, 1.82) is 0 Å². The highest BCUT2D eigenvalue weighted by molar-refractivity contribution is 7.92. The standard InChI is InChI=1S/C14H14ClNO4S2/c1-10-6-7-12(21(2,17)18)9-14(10)16-22(19,20)13-5-3-4-11(15)8-13/h3-9,16H,1-2H3. The molecule has 2 aromatic carbocycles. The van der Waals surface area contributed by atoms with Crippen molar-refractivity contribution in [2.75, 3.05) is 11.0 Å². The lowest BCUT2D eigenvalue weighted by Crippen LogP contribution is -2.14. The van der Waals surface area contributed by atoms with Gasteiger partial charge in [-0.15, -0.1) is 0 Å². The summed E-state index contributed by atoms with van der Waals surface area (Å²) in [4.78, 5) is 0.0473. The van der Waals surface area contributed by atoms with E-state index in [0.717, 1.165) is 6.26 Å². The Morgan fingerprint density at radius 3 is 2.23 bits per heavy atom. The zero-order valence-electron chi connectivity index (χ0n) is 11.9. The van der Waals surface area contributed by atoms with Crippen LogP contribution in [-0.2, 0) is 19.9 Å². The Balaban J connectivity index is 2.46. The summed E-state index contributed by atoms with van der Waals surface area (Å²) in [7, 11) is -7.27. The smallest absolute Gasteiger partial charge is 0.261 e. The van der Waals surface area contributed by atoms with Crippen LogP contribution in [-0.4, -0.2) is 23.1 Å². The second-order valence-corrected chi connectivity index (χ2v) is 8.95. The first-order valence-corrected chi connectivity index (χ1v) is 9.94. The number of hydrogen-bond donors (Lipinski definition) is 1. The number of aryl methyl sites for hydroxylation is 1. The molecule has 0 heterocycles. The zero-order valence-corrected chi connectivity index (χ0v) is 14.3. The first kappa shape index (κ1) is 16.8. The van der Waals surface area contributed by atoms with Gasteiger partial charge in [0.05, 0.1) is 15.5 Å². The number of sulfone groups is 1. The molecule has 0 aliphatic rings. The summed E-state index contributed by atoms with van der Waals surface area (Å²) in [5.41, 5.74) is 0.820. The lowest BCUT2D eigenvalue weighted by atomic mass is 10.2. The first-order valence-electron chi connectivity index (χ1n) is 6.19. The van der Waals surface area contributed by atoms with Gasteiger partial charge in [0.2, 0.25) is 0 Å². The van der Waals surface area contributed by atoms with Gasteiger partial charge in [0, 0.05) is 11.3 Å². The number of sulfonamides is 1. The maximum Gasteiger partial charge on any atom is 0.261 e. The molecule has 0 amide bonds. The number of halogens is 1. The molecule has 0 saturated heterocycles. The van der Waals surface area contributed by atoms with E-state index < -0.39 is 19.9 Å². The van der Waals surface area contributed by atoms with Gasteiger partial charge in [-0.3, -0.25) is 4.72 Å². The normalized spacial score (nSPS) is 12.1. The predicted octanol–water partition coefficient (Wildman–Crippen LogP) is 2.85. The molecule has 2 rings (SSSR count). The van der Waals surface area contributed by atoms with Gasteiger partial charge in [-0.05, 0) is 42.8 Å². The molecule has 0 fully saturated rings. The third-order valence-electron chi connectivity index (χ3n) is 2.99. The van der Waals surface area contributed by atoms with E-state index in [9.17, 15) is 16.8 Å². The summed E-state index contributed by atoms with van der Waals surface area (Å²) in [5, 5.41) is 0.296. The summed E-state index contributed by atoms with van der Waals surface area (Å²) in [5.74, 6) is 0. The van der Waals surface area contributed by atoms with Crippen molar-refractivity contribution >= 4 is 37.1 Å². The van der Waals surface area contributed by atoms with Crippen LogP contribution in [0.4, 0.5) is 5.69 Å². The quantitative estimate of drug-likeness (QED) is 0.910. The predicted molar refractivity (Wildman–Crippen MR) is 86.5 cm³/mol. The molecule has 2 aromatic rings. The molecule has 1 N–H and O–H groups in total. The van der Waals surface area contributed by atoms with Crippen molar-refractivity contribution in [2.45, 2.75) is 16.7 Å². The molecule has 0 aromatic heterocycles. The Labute approximate surface area is 134 Å². The van der Waals surface area contributed by atoms with E-state index in [2.05, 4.69) is 4.72 Å². The van der Waals surface area contributed by atoms with Crippen LogP contribution in [0.5, 0.6) is 0 Å². The second kappa shape index (κ2) is 5.91. The highest BCUT2D eigenvalue weighted by Crippen LogP contribution is 2.24. The van der Waals surface area contributed by atoms with Crippen LogP contribution in [0.3, 0.4) is 0 Å². The average Bonchev–Trinajstić information content (AvgIpc) is 2.40. The fourth-order valence-electron chi connectivity index (χ4n) is 1.78. The van der Waals surface area contributed by atoms with Gasteiger partial charge in [0.25, 0.3) is 10.0 Å². The van der Waals surface area contributed by atoms with Crippen molar-refractivity contribution in [2.24, 2.45) is 0 Å². The molecular formula is C14H14ClNO4S2. The molecule has 0 radical (unpaired) electrons. The van der Waals surface area contributed by atoms with E-state index >= 15 is 0 Å². The molecule has 0 aliphatic heterocycles. The number of rotatable bonds is 4. The zero-order chi connectivity index (χ0) is 16.5. The second-order valence-electron chi connectivity index (χ2n) is 4.81. The number of benzene rings is 2. The summed E-state index contributed by atoms with van der Waals surface area (Å²) < 4.78 is 50.3. The summed E-state index contributed by atoms with van der Waals surface area (Å²) in [6.07, 6.45) is 1.06. The van der Waals surface area contributed by atoms with Gasteiger partial charge in [-0.1, -0.05) is 23.7 Å². The Kier molecular flexibility index (Phi) is 4.51. The summed E-state index contributed by atoms with van der Waals surface area (Å²) in [6, 6.07) is 10.1. The maximum atomic E-state index is 12.3. The highest BCUT2D eigenvalue weighted by atomic mass is 35.5. The lowest BCUT2D eigenvalue weighted by molar-refractivity contribution is 0.599. The fourth-order valence-corrected chi connectivity index (χ4v) is 3.85. The van der Waals surface area contributed by atoms with Crippen LogP contribution in [0.25, 0.3) is 0 Å². The summed E-state index contributed by atoms with van der Waals surface area (Å²) in [6.45, 7) is 1.68. The summed E-state index contributed by atoms with van der Waals surface area (Å²) >= 11 is 5.80. The maximum absolute atomic E-state index is 12.3. The SMILES string of the molecule is Cc1ccc(S(C)(=O)=O)cc1NS(=O)(=O)c1cccc(Cl)c1. The third kappa shape index (κ3) is 3.79. The van der Waals surface area contributed by atoms with E-state index in [-0.39, 0.29) is 15.5 Å². The molecule has 0 spiro atoms. The van der Waals surface area contributed by atoms with Crippen molar-refractivity contribution in [3.8, 4) is 0 Å². The van der Waals surface area contributed by atoms with E-state index in [1.54, 1.807) is 19.1 Å². The van der Waals surface area contributed by atoms with Crippen molar-refractivity contribution in [3.05, 3.63) is 53.1 Å². The fraction of sp³-hybridized carbons (Fsp3) is 0.143. The Morgan fingerprint density at radius 2 is 1.64 bits per heavy atom. The monoisotopic (exact) mass is 359 g/mol. The molecule has 0 bridgehead atoms. The van der Waals surface area contributed by atoms with Crippen LogP contribution >= 0.6 is 11.6 Å². The largest absolute Gasteiger partial charge is 0.279 e. The van der Waals surface area contributed by atoms with Gasteiger partial charge < -0.3 is 0 Å². The van der Waals surface area contributed by atoms with Crippen LogP contribution in [0.2, 0.25) is 5.02 Å². The van der Waals surface area contributed by atoms with Crippen molar-refractivity contribution < 1.29 is 16.8 Å². The molecule has 5 nitrogen and oxygen atoms in total. The topological polar surface area (TPSA) is 80.3 Å². The molecule has 118 valence electrons. The Morgan fingerprint density at radius 1 is 0.955 bits per heavy atom. The molecule has 0 aliphatic carbocycles. The van der Waals surface area contributed by atoms with E-state index in [1.165, 1.54) is 30.3 Å². The minimum Gasteiger partial charge on any atom is -0.279 e. The third-order valence-corrected chi connectivity index (χ3v) is 5.70. The minimum atomic E-state index is -3.85.